The molecule has 0 saturated carbocycles. The van der Waals surface area contributed by atoms with Gasteiger partial charge in [0.15, 0.2) is 0 Å². The number of phenolic OH excluding ortho intramolecular Hbond substituents is 2. The van der Waals surface area contributed by atoms with E-state index in [1.165, 1.54) is 10.8 Å². The maximum atomic E-state index is 9.77. The van der Waals surface area contributed by atoms with E-state index >= 15 is 0 Å². The van der Waals surface area contributed by atoms with Crippen LogP contribution in [0.1, 0.15) is 5.56 Å². The fraction of sp³-hybridized carbons (Fsp3) is 0.0588. The lowest BCUT2D eigenvalue weighted by Gasteiger charge is -2.07. The third kappa shape index (κ3) is 2.58. The smallest absolute Gasteiger partial charge is 0.123 e. The number of fused-ring (bicyclic) bond motifs is 1. The molecule has 0 amide bonds. The van der Waals surface area contributed by atoms with Gasteiger partial charge in [0.05, 0.1) is 0 Å². The topological polar surface area (TPSA) is 40.5 Å². The van der Waals surface area contributed by atoms with E-state index in [-0.39, 0.29) is 11.5 Å². The maximum Gasteiger partial charge on any atom is 0.123 e. The average Bonchev–Trinajstić information content (AvgIpc) is 2.46. The molecule has 3 heteroatoms. The molecule has 0 spiro atoms. The standard InChI is InChI=1S/C17H14O2S/c18-16-6-3-7-17(19)15(16)11-20-14-9-8-12-4-1-2-5-13(12)10-14/h1-10,18-19H,11H2. The van der Waals surface area contributed by atoms with Gasteiger partial charge in [0.2, 0.25) is 0 Å². The highest BCUT2D eigenvalue weighted by molar-refractivity contribution is 7.98. The van der Waals surface area contributed by atoms with E-state index in [1.807, 2.05) is 12.1 Å². The first-order chi connectivity index (χ1) is 9.74. The van der Waals surface area contributed by atoms with Crippen LogP contribution in [0.15, 0.2) is 65.6 Å². The maximum absolute atomic E-state index is 9.77. The van der Waals surface area contributed by atoms with Crippen LogP contribution in [0, 0.1) is 0 Å². The Labute approximate surface area is 121 Å². The first-order valence-corrected chi connectivity index (χ1v) is 7.34. The Morgan fingerprint density at radius 3 is 2.20 bits per heavy atom. The molecule has 0 heterocycles. The van der Waals surface area contributed by atoms with Crippen LogP contribution in [0.4, 0.5) is 0 Å². The molecule has 2 nitrogen and oxygen atoms in total. The van der Waals surface area contributed by atoms with Crippen molar-refractivity contribution in [3.63, 3.8) is 0 Å². The zero-order valence-corrected chi connectivity index (χ0v) is 11.6. The second-order valence-electron chi connectivity index (χ2n) is 4.57. The lowest BCUT2D eigenvalue weighted by atomic mass is 10.1. The molecule has 0 aromatic heterocycles. The minimum Gasteiger partial charge on any atom is -0.507 e. The van der Waals surface area contributed by atoms with Gasteiger partial charge in [-0.1, -0.05) is 36.4 Å². The summed E-state index contributed by atoms with van der Waals surface area (Å²) in [5.74, 6) is 0.813. The largest absolute Gasteiger partial charge is 0.507 e. The summed E-state index contributed by atoms with van der Waals surface area (Å²) >= 11 is 1.60. The van der Waals surface area contributed by atoms with Crippen molar-refractivity contribution in [3.8, 4) is 11.5 Å². The van der Waals surface area contributed by atoms with Crippen LogP contribution >= 0.6 is 11.8 Å². The van der Waals surface area contributed by atoms with Gasteiger partial charge >= 0.3 is 0 Å². The van der Waals surface area contributed by atoms with Gasteiger partial charge in [0, 0.05) is 16.2 Å². The van der Waals surface area contributed by atoms with Crippen molar-refractivity contribution >= 4 is 22.5 Å². The molecule has 0 saturated heterocycles. The molecule has 0 aliphatic rings. The molecule has 0 bridgehead atoms. The normalized spacial score (nSPS) is 10.8. The van der Waals surface area contributed by atoms with Crippen molar-refractivity contribution in [2.45, 2.75) is 10.6 Å². The van der Waals surface area contributed by atoms with Gasteiger partial charge in [-0.3, -0.25) is 0 Å². The quantitative estimate of drug-likeness (QED) is 0.693. The first-order valence-electron chi connectivity index (χ1n) is 6.35. The summed E-state index contributed by atoms with van der Waals surface area (Å²) in [7, 11) is 0. The molecule has 3 aromatic carbocycles. The number of benzene rings is 3. The van der Waals surface area contributed by atoms with Crippen molar-refractivity contribution in [2.24, 2.45) is 0 Å². The molecule has 0 aliphatic heterocycles. The number of rotatable bonds is 3. The molecule has 100 valence electrons. The van der Waals surface area contributed by atoms with Gasteiger partial charge in [-0.25, -0.2) is 0 Å². The van der Waals surface area contributed by atoms with Gasteiger partial charge in [-0.05, 0) is 35.0 Å². The second-order valence-corrected chi connectivity index (χ2v) is 5.62. The van der Waals surface area contributed by atoms with Gasteiger partial charge in [-0.15, -0.1) is 11.8 Å². The monoisotopic (exact) mass is 282 g/mol. The Bertz CT molecular complexity index is 733. The molecule has 3 aromatic rings. The highest BCUT2D eigenvalue weighted by Crippen LogP contribution is 2.33. The third-order valence-corrected chi connectivity index (χ3v) is 4.25. The minimum absolute atomic E-state index is 0.137. The number of phenols is 2. The van der Waals surface area contributed by atoms with E-state index in [4.69, 9.17) is 0 Å². The Balaban J connectivity index is 1.83. The minimum atomic E-state index is 0.137. The Kier molecular flexibility index (Phi) is 3.52. The molecular weight excluding hydrogens is 268 g/mol. The lowest BCUT2D eigenvalue weighted by Crippen LogP contribution is -1.84. The summed E-state index contributed by atoms with van der Waals surface area (Å²) in [6.45, 7) is 0. The number of thioether (sulfide) groups is 1. The van der Waals surface area contributed by atoms with Crippen molar-refractivity contribution in [2.75, 3.05) is 0 Å². The predicted molar refractivity (Wildman–Crippen MR) is 83.3 cm³/mol. The van der Waals surface area contributed by atoms with Crippen LogP contribution in [-0.4, -0.2) is 10.2 Å². The molecule has 0 fully saturated rings. The number of aromatic hydroxyl groups is 2. The van der Waals surface area contributed by atoms with Crippen LogP contribution < -0.4 is 0 Å². The van der Waals surface area contributed by atoms with Crippen LogP contribution in [0.25, 0.3) is 10.8 Å². The van der Waals surface area contributed by atoms with E-state index in [9.17, 15) is 10.2 Å². The molecular formula is C17H14O2S. The zero-order valence-electron chi connectivity index (χ0n) is 10.8. The van der Waals surface area contributed by atoms with E-state index in [0.29, 0.717) is 11.3 Å². The first kappa shape index (κ1) is 12.9. The van der Waals surface area contributed by atoms with Crippen molar-refractivity contribution < 1.29 is 10.2 Å². The Hall–Kier alpha value is -2.13. The summed E-state index contributed by atoms with van der Waals surface area (Å²) in [4.78, 5) is 1.12. The van der Waals surface area contributed by atoms with E-state index < -0.39 is 0 Å². The third-order valence-electron chi connectivity index (χ3n) is 3.23. The van der Waals surface area contributed by atoms with Crippen LogP contribution in [0.3, 0.4) is 0 Å². The van der Waals surface area contributed by atoms with Gasteiger partial charge in [-0.2, -0.15) is 0 Å². The molecule has 2 N–H and O–H groups in total. The fourth-order valence-electron chi connectivity index (χ4n) is 2.12. The SMILES string of the molecule is Oc1cccc(O)c1CSc1ccc2ccccc2c1. The number of hydrogen-bond acceptors (Lipinski definition) is 3. The van der Waals surface area contributed by atoms with Crippen molar-refractivity contribution in [3.05, 3.63) is 66.2 Å². The average molecular weight is 282 g/mol. The lowest BCUT2D eigenvalue weighted by molar-refractivity contribution is 0.442. The summed E-state index contributed by atoms with van der Waals surface area (Å²) in [6.07, 6.45) is 0. The Morgan fingerprint density at radius 2 is 1.45 bits per heavy atom. The van der Waals surface area contributed by atoms with E-state index in [2.05, 4.69) is 30.3 Å². The Morgan fingerprint density at radius 1 is 0.750 bits per heavy atom. The van der Waals surface area contributed by atoms with Crippen molar-refractivity contribution in [1.29, 1.82) is 0 Å². The molecule has 0 radical (unpaired) electrons. The predicted octanol–water partition coefficient (Wildman–Crippen LogP) is 4.54. The summed E-state index contributed by atoms with van der Waals surface area (Å²) in [6, 6.07) is 19.3. The molecule has 0 aliphatic carbocycles. The molecule has 3 rings (SSSR count). The zero-order chi connectivity index (χ0) is 13.9. The summed E-state index contributed by atoms with van der Waals surface area (Å²) in [5, 5.41) is 21.9. The van der Waals surface area contributed by atoms with Crippen molar-refractivity contribution in [1.82, 2.24) is 0 Å². The number of hydrogen-bond donors (Lipinski definition) is 2. The van der Waals surface area contributed by atoms with E-state index in [1.54, 1.807) is 30.0 Å². The fourth-order valence-corrected chi connectivity index (χ4v) is 3.10. The highest BCUT2D eigenvalue weighted by atomic mass is 32.2. The van der Waals surface area contributed by atoms with E-state index in [0.717, 1.165) is 4.90 Å². The second kappa shape index (κ2) is 5.47. The van der Waals surface area contributed by atoms with Gasteiger partial charge in [0.25, 0.3) is 0 Å². The molecule has 0 atom stereocenters. The van der Waals surface area contributed by atoms with Crippen LogP contribution in [0.2, 0.25) is 0 Å². The molecule has 20 heavy (non-hydrogen) atoms. The van der Waals surface area contributed by atoms with Gasteiger partial charge < -0.3 is 10.2 Å². The van der Waals surface area contributed by atoms with Crippen LogP contribution in [0.5, 0.6) is 11.5 Å². The molecule has 0 unspecified atom stereocenters. The summed E-state index contributed by atoms with van der Waals surface area (Å²) < 4.78 is 0. The summed E-state index contributed by atoms with van der Waals surface area (Å²) in [5.41, 5.74) is 0.575. The van der Waals surface area contributed by atoms with Crippen LogP contribution in [-0.2, 0) is 5.75 Å². The highest BCUT2D eigenvalue weighted by Gasteiger charge is 2.07. The van der Waals surface area contributed by atoms with Gasteiger partial charge in [0.1, 0.15) is 11.5 Å².